The van der Waals surface area contributed by atoms with Crippen molar-refractivity contribution in [2.75, 3.05) is 5.32 Å². The van der Waals surface area contributed by atoms with Crippen LogP contribution in [0.2, 0.25) is 10.0 Å². The molecule has 0 fully saturated rings. The molecule has 0 heterocycles. The van der Waals surface area contributed by atoms with E-state index in [0.717, 1.165) is 5.69 Å². The summed E-state index contributed by atoms with van der Waals surface area (Å²) in [4.78, 5) is 0. The van der Waals surface area contributed by atoms with E-state index < -0.39 is 0 Å². The Balaban J connectivity index is 2.31. The highest BCUT2D eigenvalue weighted by molar-refractivity contribution is 6.43. The van der Waals surface area contributed by atoms with Gasteiger partial charge in [0.2, 0.25) is 0 Å². The predicted molar refractivity (Wildman–Crippen MR) is 67.9 cm³/mol. The van der Waals surface area contributed by atoms with Crippen molar-refractivity contribution in [1.82, 2.24) is 0 Å². The van der Waals surface area contributed by atoms with Gasteiger partial charge in [0.05, 0.1) is 15.7 Å². The van der Waals surface area contributed by atoms with Crippen molar-refractivity contribution < 1.29 is 5.11 Å². The highest BCUT2D eigenvalue weighted by Gasteiger charge is 2.04. The Hall–Kier alpha value is -1.38. The van der Waals surface area contributed by atoms with Gasteiger partial charge in [-0.15, -0.1) is 0 Å². The van der Waals surface area contributed by atoms with E-state index in [4.69, 9.17) is 23.2 Å². The zero-order chi connectivity index (χ0) is 11.5. The van der Waals surface area contributed by atoms with Crippen molar-refractivity contribution in [3.63, 3.8) is 0 Å². The Kier molecular flexibility index (Phi) is 3.22. The maximum atomic E-state index is 9.32. The fourth-order valence-corrected chi connectivity index (χ4v) is 1.69. The van der Waals surface area contributed by atoms with Crippen molar-refractivity contribution in [1.29, 1.82) is 0 Å². The third-order valence-electron chi connectivity index (χ3n) is 2.08. The van der Waals surface area contributed by atoms with Gasteiger partial charge in [0.25, 0.3) is 0 Å². The van der Waals surface area contributed by atoms with Gasteiger partial charge in [-0.3, -0.25) is 0 Å². The van der Waals surface area contributed by atoms with Gasteiger partial charge in [-0.1, -0.05) is 35.3 Å². The van der Waals surface area contributed by atoms with Crippen molar-refractivity contribution >= 4 is 34.6 Å². The number of aromatic hydroxyl groups is 1. The Bertz CT molecular complexity index is 514. The quantitative estimate of drug-likeness (QED) is 0.830. The molecule has 0 unspecified atom stereocenters. The largest absolute Gasteiger partial charge is 0.508 e. The molecular weight excluding hydrogens is 245 g/mol. The molecule has 82 valence electrons. The highest BCUT2D eigenvalue weighted by Crippen LogP contribution is 2.32. The van der Waals surface area contributed by atoms with Crippen molar-refractivity contribution in [3.05, 3.63) is 52.5 Å². The van der Waals surface area contributed by atoms with E-state index in [1.54, 1.807) is 30.3 Å². The number of benzene rings is 2. The van der Waals surface area contributed by atoms with Gasteiger partial charge in [0.15, 0.2) is 0 Å². The molecule has 2 nitrogen and oxygen atoms in total. The first-order valence-electron chi connectivity index (χ1n) is 4.67. The minimum absolute atomic E-state index is 0.197. The van der Waals surface area contributed by atoms with Crippen LogP contribution in [0.25, 0.3) is 0 Å². The van der Waals surface area contributed by atoms with Crippen molar-refractivity contribution in [2.45, 2.75) is 0 Å². The van der Waals surface area contributed by atoms with E-state index in [1.807, 2.05) is 12.1 Å². The molecule has 0 amide bonds. The molecule has 2 N–H and O–H groups in total. The van der Waals surface area contributed by atoms with Gasteiger partial charge in [0, 0.05) is 11.8 Å². The van der Waals surface area contributed by atoms with E-state index >= 15 is 0 Å². The lowest BCUT2D eigenvalue weighted by Crippen LogP contribution is -1.90. The second-order valence-electron chi connectivity index (χ2n) is 3.28. The zero-order valence-electron chi connectivity index (χ0n) is 8.24. The summed E-state index contributed by atoms with van der Waals surface area (Å²) in [5.74, 6) is 0.197. The van der Waals surface area contributed by atoms with Crippen LogP contribution in [0.1, 0.15) is 0 Å². The minimum atomic E-state index is 0.197. The first-order valence-corrected chi connectivity index (χ1v) is 5.42. The number of halogens is 2. The molecule has 16 heavy (non-hydrogen) atoms. The lowest BCUT2D eigenvalue weighted by atomic mass is 10.2. The van der Waals surface area contributed by atoms with E-state index in [1.165, 1.54) is 0 Å². The van der Waals surface area contributed by atoms with Gasteiger partial charge in [-0.05, 0) is 24.3 Å². The van der Waals surface area contributed by atoms with Crippen LogP contribution in [0.15, 0.2) is 42.5 Å². The summed E-state index contributed by atoms with van der Waals surface area (Å²) in [6.45, 7) is 0. The number of anilines is 2. The Morgan fingerprint density at radius 1 is 1.00 bits per heavy atom. The van der Waals surface area contributed by atoms with E-state index in [0.29, 0.717) is 15.7 Å². The molecule has 0 aromatic heterocycles. The maximum absolute atomic E-state index is 9.32. The van der Waals surface area contributed by atoms with Gasteiger partial charge >= 0.3 is 0 Å². The van der Waals surface area contributed by atoms with Crippen LogP contribution in [0.4, 0.5) is 11.4 Å². The van der Waals surface area contributed by atoms with Crippen LogP contribution in [0, 0.1) is 0 Å². The van der Waals surface area contributed by atoms with E-state index in [-0.39, 0.29) is 5.75 Å². The van der Waals surface area contributed by atoms with E-state index in [9.17, 15) is 5.11 Å². The highest BCUT2D eigenvalue weighted by atomic mass is 35.5. The standard InChI is InChI=1S/C12H9Cl2NO/c13-10-5-2-6-11(12(10)14)15-8-3-1-4-9(16)7-8/h1-7,15-16H. The second kappa shape index (κ2) is 4.64. The minimum Gasteiger partial charge on any atom is -0.508 e. The third kappa shape index (κ3) is 2.40. The predicted octanol–water partition coefficient (Wildman–Crippen LogP) is 4.44. The number of rotatable bonds is 2. The van der Waals surface area contributed by atoms with Gasteiger partial charge in [-0.25, -0.2) is 0 Å². The summed E-state index contributed by atoms with van der Waals surface area (Å²) in [5.41, 5.74) is 1.46. The van der Waals surface area contributed by atoms with Gasteiger partial charge in [0.1, 0.15) is 5.75 Å². The fourth-order valence-electron chi connectivity index (χ4n) is 1.34. The molecule has 0 atom stereocenters. The molecular formula is C12H9Cl2NO. The van der Waals surface area contributed by atoms with Crippen LogP contribution in [0.3, 0.4) is 0 Å². The average molecular weight is 254 g/mol. The Morgan fingerprint density at radius 3 is 2.50 bits per heavy atom. The van der Waals surface area contributed by atoms with Gasteiger partial charge in [-0.2, -0.15) is 0 Å². The first-order chi connectivity index (χ1) is 7.66. The molecule has 0 aliphatic heterocycles. The zero-order valence-corrected chi connectivity index (χ0v) is 9.76. The van der Waals surface area contributed by atoms with Crippen molar-refractivity contribution in [3.8, 4) is 5.75 Å². The topological polar surface area (TPSA) is 32.3 Å². The molecule has 2 aromatic carbocycles. The van der Waals surface area contributed by atoms with Crippen LogP contribution in [-0.4, -0.2) is 5.11 Å². The number of hydrogen-bond donors (Lipinski definition) is 2. The molecule has 0 aliphatic rings. The summed E-state index contributed by atoms with van der Waals surface area (Å²) in [7, 11) is 0. The maximum Gasteiger partial charge on any atom is 0.117 e. The SMILES string of the molecule is Oc1cccc(Nc2cccc(Cl)c2Cl)c1. The van der Waals surface area contributed by atoms with Crippen LogP contribution in [-0.2, 0) is 0 Å². The average Bonchev–Trinajstić information content (AvgIpc) is 2.25. The van der Waals surface area contributed by atoms with Crippen LogP contribution in [0.5, 0.6) is 5.75 Å². The molecule has 2 rings (SSSR count). The van der Waals surface area contributed by atoms with Crippen LogP contribution < -0.4 is 5.32 Å². The summed E-state index contributed by atoms with van der Waals surface area (Å²) in [6, 6.07) is 12.1. The Labute approximate surface area is 103 Å². The summed E-state index contributed by atoms with van der Waals surface area (Å²) in [6.07, 6.45) is 0. The molecule has 0 spiro atoms. The lowest BCUT2D eigenvalue weighted by molar-refractivity contribution is 0.475. The molecule has 4 heteroatoms. The first kappa shape index (κ1) is 11.1. The monoisotopic (exact) mass is 253 g/mol. The third-order valence-corrected chi connectivity index (χ3v) is 2.90. The molecule has 0 radical (unpaired) electrons. The smallest absolute Gasteiger partial charge is 0.117 e. The Morgan fingerprint density at radius 2 is 1.75 bits per heavy atom. The lowest BCUT2D eigenvalue weighted by Gasteiger charge is -2.09. The van der Waals surface area contributed by atoms with Crippen LogP contribution >= 0.6 is 23.2 Å². The summed E-state index contributed by atoms with van der Waals surface area (Å²) >= 11 is 11.9. The molecule has 0 saturated heterocycles. The number of phenols is 1. The molecule has 0 saturated carbocycles. The fraction of sp³-hybridized carbons (Fsp3) is 0. The van der Waals surface area contributed by atoms with Crippen molar-refractivity contribution in [2.24, 2.45) is 0 Å². The number of hydrogen-bond acceptors (Lipinski definition) is 2. The molecule has 0 bridgehead atoms. The number of nitrogens with one attached hydrogen (secondary N) is 1. The number of phenolic OH excluding ortho intramolecular Hbond substituents is 1. The summed E-state index contributed by atoms with van der Waals surface area (Å²) < 4.78 is 0. The summed E-state index contributed by atoms with van der Waals surface area (Å²) in [5, 5.41) is 13.4. The molecule has 0 aliphatic carbocycles. The molecule has 2 aromatic rings. The van der Waals surface area contributed by atoms with E-state index in [2.05, 4.69) is 5.32 Å². The normalized spacial score (nSPS) is 10.1. The second-order valence-corrected chi connectivity index (χ2v) is 4.06. The van der Waals surface area contributed by atoms with Gasteiger partial charge < -0.3 is 10.4 Å².